The van der Waals surface area contributed by atoms with Crippen LogP contribution >= 0.6 is 0 Å². The van der Waals surface area contributed by atoms with Crippen molar-refractivity contribution in [2.45, 2.75) is 6.92 Å². The average Bonchev–Trinajstić information content (AvgIpc) is 4.08. The van der Waals surface area contributed by atoms with Crippen molar-refractivity contribution >= 4 is 110 Å². The van der Waals surface area contributed by atoms with Crippen molar-refractivity contribution in [1.29, 1.82) is 0 Å². The smallest absolute Gasteiger partial charge is 0.143 e. The maximum Gasteiger partial charge on any atom is 0.143 e. The molecule has 80 heavy (non-hydrogen) atoms. The van der Waals surface area contributed by atoms with Gasteiger partial charge in [-0.25, -0.2) is 0 Å². The van der Waals surface area contributed by atoms with Gasteiger partial charge in [-0.05, 0) is 162 Å². The topological polar surface area (TPSA) is 19.6 Å². The zero-order chi connectivity index (χ0) is 53.5. The van der Waals surface area contributed by atoms with Crippen molar-refractivity contribution in [2.75, 3.05) is 9.80 Å². The fourth-order valence-corrected chi connectivity index (χ4v) is 11.8. The molecule has 0 amide bonds. The molecule has 0 aliphatic heterocycles. The number of hydrogen-bond acceptors (Lipinski definition) is 3. The van der Waals surface area contributed by atoms with Gasteiger partial charge in [-0.15, -0.1) is 0 Å². The molecule has 3 nitrogen and oxygen atoms in total. The number of fused-ring (bicyclic) bond motifs is 10. The molecule has 0 radical (unpaired) electrons. The van der Waals surface area contributed by atoms with Gasteiger partial charge in [0.15, 0.2) is 0 Å². The summed E-state index contributed by atoms with van der Waals surface area (Å²) in [5.41, 5.74) is 17.0. The lowest BCUT2D eigenvalue weighted by Gasteiger charge is -2.27. The van der Waals surface area contributed by atoms with Gasteiger partial charge in [-0.1, -0.05) is 225 Å². The monoisotopic (exact) mass is 1020 g/mol. The molecular weight excluding hydrogens is 969 g/mol. The van der Waals surface area contributed by atoms with E-state index in [4.69, 9.17) is 4.42 Å². The minimum Gasteiger partial charge on any atom is -0.455 e. The van der Waals surface area contributed by atoms with E-state index in [1.165, 1.54) is 48.7 Å². The average molecular weight is 1020 g/mol. The Morgan fingerprint density at radius 2 is 0.800 bits per heavy atom. The highest BCUT2D eigenvalue weighted by atomic mass is 16.3. The van der Waals surface area contributed by atoms with Crippen LogP contribution in [-0.4, -0.2) is 0 Å². The lowest BCUT2D eigenvalue weighted by atomic mass is 9.92. The standard InChI is InChI=1S/C77H54N2O/c1-3-53(66-27-16-28-73-72-26-13-14-30-76(72)80-77(66)73)32-31-52(2)54-33-42-61(43-34-54)78(63-46-39-57(40-47-63)59-41-50-71-69-24-10-9-22-67(69)68-23-11-12-25-70(68)74(71)51-59)62-44-35-55(36-45-62)56-37-48-64(49-38-56)79(60-19-5-4-6-20-60)75-29-15-18-58-17-7-8-21-65(58)75/h3-51H,2H2,1H3/b32-31-,53-3+. The Bertz CT molecular complexity index is 4660. The molecule has 1 heterocycles. The first-order valence-electron chi connectivity index (χ1n) is 27.4. The van der Waals surface area contributed by atoms with Gasteiger partial charge in [0.2, 0.25) is 0 Å². The maximum absolute atomic E-state index is 6.41. The first kappa shape index (κ1) is 47.9. The Labute approximate surface area is 466 Å². The largest absolute Gasteiger partial charge is 0.455 e. The predicted octanol–water partition coefficient (Wildman–Crippen LogP) is 22.1. The third-order valence-electron chi connectivity index (χ3n) is 15.8. The predicted molar refractivity (Wildman–Crippen MR) is 342 cm³/mol. The van der Waals surface area contributed by atoms with Crippen LogP contribution in [0.2, 0.25) is 0 Å². The molecule has 0 atom stereocenters. The number of anilines is 6. The molecule has 0 spiro atoms. The van der Waals surface area contributed by atoms with Crippen molar-refractivity contribution < 1.29 is 4.42 Å². The number of rotatable bonds is 12. The number of para-hydroxylation sites is 3. The van der Waals surface area contributed by atoms with Crippen LogP contribution in [0.4, 0.5) is 34.1 Å². The summed E-state index contributed by atoms with van der Waals surface area (Å²) >= 11 is 0. The number of benzene rings is 13. The zero-order valence-electron chi connectivity index (χ0n) is 44.3. The van der Waals surface area contributed by atoms with E-state index in [0.717, 1.165) is 95.0 Å². The lowest BCUT2D eigenvalue weighted by Crippen LogP contribution is -2.10. The SMILES string of the molecule is C=C(/C=C\C(=C/C)c1cccc2c1oc1ccccc12)c1ccc(N(c2ccc(-c3ccc(N(c4ccccc4)c4cccc5ccccc45)cc3)cc2)c2ccc(-c3ccc4c5ccccc5c5ccccc5c4c3)cc2)cc1. The fraction of sp³-hybridized carbons (Fsp3) is 0.0130. The second-order valence-corrected chi connectivity index (χ2v) is 20.4. The Morgan fingerprint density at radius 1 is 0.350 bits per heavy atom. The highest BCUT2D eigenvalue weighted by Gasteiger charge is 2.18. The van der Waals surface area contributed by atoms with E-state index in [9.17, 15) is 0 Å². The van der Waals surface area contributed by atoms with Crippen LogP contribution in [0.25, 0.3) is 98.4 Å². The van der Waals surface area contributed by atoms with Gasteiger partial charge in [-0.3, -0.25) is 0 Å². The van der Waals surface area contributed by atoms with Crippen LogP contribution in [0, 0.1) is 0 Å². The third-order valence-corrected chi connectivity index (χ3v) is 15.8. The van der Waals surface area contributed by atoms with Crippen molar-refractivity contribution in [2.24, 2.45) is 0 Å². The molecule has 13 aromatic carbocycles. The molecular formula is C77H54N2O. The van der Waals surface area contributed by atoms with Crippen molar-refractivity contribution in [3.05, 3.63) is 315 Å². The third kappa shape index (κ3) is 8.68. The second-order valence-electron chi connectivity index (χ2n) is 20.4. The van der Waals surface area contributed by atoms with Crippen molar-refractivity contribution in [3.63, 3.8) is 0 Å². The molecule has 0 aliphatic carbocycles. The van der Waals surface area contributed by atoms with Crippen LogP contribution in [0.3, 0.4) is 0 Å². The number of nitrogens with zero attached hydrogens (tertiary/aromatic N) is 2. The van der Waals surface area contributed by atoms with Gasteiger partial charge in [0.1, 0.15) is 11.2 Å². The molecule has 0 bridgehead atoms. The molecule has 1 aromatic heterocycles. The van der Waals surface area contributed by atoms with E-state index in [2.05, 4.69) is 308 Å². The number of hydrogen-bond donors (Lipinski definition) is 0. The molecule has 0 saturated heterocycles. The van der Waals surface area contributed by atoms with E-state index in [0.29, 0.717) is 0 Å². The summed E-state index contributed by atoms with van der Waals surface area (Å²) in [6, 6.07) is 100. The Hall–Kier alpha value is -10.5. The van der Waals surface area contributed by atoms with Crippen LogP contribution in [0.5, 0.6) is 0 Å². The van der Waals surface area contributed by atoms with Crippen LogP contribution in [0.1, 0.15) is 18.1 Å². The van der Waals surface area contributed by atoms with Crippen molar-refractivity contribution in [1.82, 2.24) is 0 Å². The van der Waals surface area contributed by atoms with E-state index < -0.39 is 0 Å². The van der Waals surface area contributed by atoms with E-state index in [-0.39, 0.29) is 0 Å². The quantitative estimate of drug-likeness (QED) is 0.0898. The number of allylic oxidation sites excluding steroid dienone is 5. The second kappa shape index (κ2) is 20.5. The highest BCUT2D eigenvalue weighted by molar-refractivity contribution is 6.25. The minimum atomic E-state index is 0.891. The van der Waals surface area contributed by atoms with Gasteiger partial charge in [0.25, 0.3) is 0 Å². The molecule has 0 unspecified atom stereocenters. The first-order valence-corrected chi connectivity index (χ1v) is 27.4. The number of furan rings is 1. The zero-order valence-corrected chi connectivity index (χ0v) is 44.3. The van der Waals surface area contributed by atoms with Crippen LogP contribution in [-0.2, 0) is 0 Å². The molecule has 14 rings (SSSR count). The highest BCUT2D eigenvalue weighted by Crippen LogP contribution is 2.43. The molecule has 0 saturated carbocycles. The van der Waals surface area contributed by atoms with E-state index in [1.807, 2.05) is 12.1 Å². The molecule has 0 fully saturated rings. The van der Waals surface area contributed by atoms with E-state index >= 15 is 0 Å². The molecule has 378 valence electrons. The Kier molecular flexibility index (Phi) is 12.3. The summed E-state index contributed by atoms with van der Waals surface area (Å²) in [7, 11) is 0. The summed E-state index contributed by atoms with van der Waals surface area (Å²) in [5.74, 6) is 0. The summed E-state index contributed by atoms with van der Waals surface area (Å²) in [4.78, 5) is 4.69. The van der Waals surface area contributed by atoms with Crippen molar-refractivity contribution in [3.8, 4) is 22.3 Å². The van der Waals surface area contributed by atoms with E-state index in [1.54, 1.807) is 0 Å². The lowest BCUT2D eigenvalue weighted by molar-refractivity contribution is 0.668. The van der Waals surface area contributed by atoms with Gasteiger partial charge >= 0.3 is 0 Å². The van der Waals surface area contributed by atoms with Gasteiger partial charge < -0.3 is 14.2 Å². The fourth-order valence-electron chi connectivity index (χ4n) is 11.8. The summed E-state index contributed by atoms with van der Waals surface area (Å²) in [6.07, 6.45) is 6.38. The van der Waals surface area contributed by atoms with Gasteiger partial charge in [0.05, 0.1) is 5.69 Å². The maximum atomic E-state index is 6.41. The summed E-state index contributed by atoms with van der Waals surface area (Å²) < 4.78 is 6.41. The van der Waals surface area contributed by atoms with Crippen LogP contribution in [0.15, 0.2) is 308 Å². The van der Waals surface area contributed by atoms with Gasteiger partial charge in [0, 0.05) is 50.2 Å². The molecule has 14 aromatic rings. The van der Waals surface area contributed by atoms with Gasteiger partial charge in [-0.2, -0.15) is 0 Å². The summed E-state index contributed by atoms with van der Waals surface area (Å²) in [5, 5.41) is 12.3. The first-order chi connectivity index (χ1) is 39.5. The Morgan fingerprint density at radius 3 is 1.43 bits per heavy atom. The Balaban J connectivity index is 0.792. The molecule has 0 N–H and O–H groups in total. The normalized spacial score (nSPS) is 11.9. The molecule has 3 heteroatoms. The minimum absolute atomic E-state index is 0.891. The molecule has 0 aliphatic rings. The summed E-state index contributed by atoms with van der Waals surface area (Å²) in [6.45, 7) is 6.61. The van der Waals surface area contributed by atoms with Crippen LogP contribution < -0.4 is 9.80 Å².